The number of rotatable bonds is 10. The molecule has 12 heteroatoms. The van der Waals surface area contributed by atoms with E-state index in [4.69, 9.17) is 4.74 Å². The Morgan fingerprint density at radius 1 is 0.911 bits per heavy atom. The Morgan fingerprint density at radius 2 is 1.60 bits per heavy atom. The van der Waals surface area contributed by atoms with Crippen LogP contribution in [0.5, 0.6) is 5.75 Å². The molecule has 5 rings (SSSR count). The van der Waals surface area contributed by atoms with Crippen molar-refractivity contribution >= 4 is 35.3 Å². The molecule has 45 heavy (non-hydrogen) atoms. The number of amides is 2. The van der Waals surface area contributed by atoms with Crippen molar-refractivity contribution in [3.8, 4) is 5.75 Å². The quantitative estimate of drug-likeness (QED) is 0.167. The molecule has 0 atom stereocenters. The van der Waals surface area contributed by atoms with Gasteiger partial charge in [0.15, 0.2) is 0 Å². The molecule has 9 nitrogen and oxygen atoms in total. The zero-order chi connectivity index (χ0) is 32.2. The summed E-state index contributed by atoms with van der Waals surface area (Å²) in [6, 6.07) is 17.4. The number of aromatic nitrogens is 2. The van der Waals surface area contributed by atoms with Crippen LogP contribution in [0.25, 0.3) is 0 Å². The van der Waals surface area contributed by atoms with Crippen molar-refractivity contribution in [3.05, 3.63) is 101 Å². The standard InChI is InChI=1S/C17H21N5O2.C16H14F3NO/c23-13-20-15-11-18-17(19-12-15)21-14-3-5-16(6-4-14)24-10-9-22-7-1-2-8-22;1-10-6-7-14(8-11(10)2)20-15(21)12-4-3-5-13(9-12)16(17,18)19/h3-6,11-13H,1-2,7-10H2,(H,20,23)(H,18,19,21);3-9H,1-2H3,(H,20,21). The lowest BCUT2D eigenvalue weighted by Crippen LogP contribution is -2.25. The van der Waals surface area contributed by atoms with Gasteiger partial charge in [-0.05, 0) is 106 Å². The fraction of sp³-hybridized carbons (Fsp3) is 0.273. The van der Waals surface area contributed by atoms with E-state index in [2.05, 4.69) is 30.8 Å². The number of alkyl halides is 3. The minimum absolute atomic E-state index is 0.0250. The molecule has 3 aromatic carbocycles. The van der Waals surface area contributed by atoms with Crippen LogP contribution in [0.2, 0.25) is 0 Å². The van der Waals surface area contributed by atoms with Gasteiger partial charge < -0.3 is 20.7 Å². The molecule has 1 aliphatic rings. The smallest absolute Gasteiger partial charge is 0.416 e. The molecular formula is C33H35F3N6O3. The van der Waals surface area contributed by atoms with Gasteiger partial charge >= 0.3 is 6.18 Å². The number of halogens is 3. The Labute approximate surface area is 259 Å². The Bertz CT molecular complexity index is 1560. The summed E-state index contributed by atoms with van der Waals surface area (Å²) >= 11 is 0. The number of carbonyl (C=O) groups is 2. The van der Waals surface area contributed by atoms with Gasteiger partial charge in [-0.1, -0.05) is 12.1 Å². The van der Waals surface area contributed by atoms with Crippen LogP contribution in [0.1, 0.15) is 39.9 Å². The van der Waals surface area contributed by atoms with Gasteiger partial charge in [-0.15, -0.1) is 0 Å². The first-order chi connectivity index (χ1) is 21.6. The fourth-order valence-corrected chi connectivity index (χ4v) is 4.46. The highest BCUT2D eigenvalue weighted by Crippen LogP contribution is 2.29. The Morgan fingerprint density at radius 3 is 2.24 bits per heavy atom. The molecule has 2 heterocycles. The zero-order valence-corrected chi connectivity index (χ0v) is 25.0. The molecule has 1 aromatic heterocycles. The number of hydrogen-bond donors (Lipinski definition) is 3. The molecule has 2 amide bonds. The number of anilines is 4. The van der Waals surface area contributed by atoms with E-state index in [-0.39, 0.29) is 5.56 Å². The third-order valence-corrected chi connectivity index (χ3v) is 7.08. The van der Waals surface area contributed by atoms with Gasteiger partial charge in [0.25, 0.3) is 5.91 Å². The lowest BCUT2D eigenvalue weighted by atomic mass is 10.1. The number of ether oxygens (including phenoxy) is 1. The number of nitrogens with one attached hydrogen (secondary N) is 3. The Hall–Kier alpha value is -4.97. The third kappa shape index (κ3) is 10.3. The van der Waals surface area contributed by atoms with E-state index >= 15 is 0 Å². The number of hydrogen-bond acceptors (Lipinski definition) is 7. The van der Waals surface area contributed by atoms with Gasteiger partial charge in [-0.3, -0.25) is 14.5 Å². The molecule has 0 radical (unpaired) electrons. The van der Waals surface area contributed by atoms with E-state index in [9.17, 15) is 22.8 Å². The summed E-state index contributed by atoms with van der Waals surface area (Å²) in [5.41, 5.74) is 3.19. The highest BCUT2D eigenvalue weighted by molar-refractivity contribution is 6.04. The van der Waals surface area contributed by atoms with Crippen molar-refractivity contribution in [2.45, 2.75) is 32.9 Å². The van der Waals surface area contributed by atoms with Crippen molar-refractivity contribution < 1.29 is 27.5 Å². The molecule has 4 aromatic rings. The first kappa shape index (κ1) is 32.9. The van der Waals surface area contributed by atoms with Crippen molar-refractivity contribution in [2.24, 2.45) is 0 Å². The minimum Gasteiger partial charge on any atom is -0.492 e. The van der Waals surface area contributed by atoms with Crippen molar-refractivity contribution in [1.29, 1.82) is 0 Å². The predicted octanol–water partition coefficient (Wildman–Crippen LogP) is 6.84. The van der Waals surface area contributed by atoms with Gasteiger partial charge in [0, 0.05) is 23.5 Å². The second-order valence-electron chi connectivity index (χ2n) is 10.4. The predicted molar refractivity (Wildman–Crippen MR) is 168 cm³/mol. The van der Waals surface area contributed by atoms with E-state index in [0.29, 0.717) is 30.3 Å². The average Bonchev–Trinajstić information content (AvgIpc) is 3.55. The molecule has 0 bridgehead atoms. The summed E-state index contributed by atoms with van der Waals surface area (Å²) in [5, 5.41) is 8.19. The summed E-state index contributed by atoms with van der Waals surface area (Å²) in [6.07, 6.45) is 1.81. The first-order valence-electron chi connectivity index (χ1n) is 14.4. The second-order valence-corrected chi connectivity index (χ2v) is 10.4. The SMILES string of the molecule is Cc1ccc(NC(=O)c2cccc(C(F)(F)F)c2)cc1C.O=CNc1cnc(Nc2ccc(OCCN3CCCC3)cc2)nc1. The number of aryl methyl sites for hydroxylation is 2. The van der Waals surface area contributed by atoms with Gasteiger partial charge in [0.05, 0.1) is 23.6 Å². The summed E-state index contributed by atoms with van der Waals surface area (Å²) in [7, 11) is 0. The Balaban J connectivity index is 0.000000207. The van der Waals surface area contributed by atoms with Gasteiger partial charge in [0.1, 0.15) is 12.4 Å². The van der Waals surface area contributed by atoms with Gasteiger partial charge in [0.2, 0.25) is 12.4 Å². The number of benzene rings is 3. The maximum atomic E-state index is 12.6. The lowest BCUT2D eigenvalue weighted by molar-refractivity contribution is -0.137. The lowest BCUT2D eigenvalue weighted by Gasteiger charge is -2.15. The monoisotopic (exact) mass is 620 g/mol. The van der Waals surface area contributed by atoms with Crippen LogP contribution in [0, 0.1) is 13.8 Å². The molecule has 0 unspecified atom stereocenters. The van der Waals surface area contributed by atoms with Gasteiger partial charge in [-0.25, -0.2) is 9.97 Å². The molecule has 1 aliphatic heterocycles. The van der Waals surface area contributed by atoms with E-state index in [1.165, 1.54) is 38.1 Å². The average molecular weight is 621 g/mol. The van der Waals surface area contributed by atoms with Crippen molar-refractivity contribution in [2.75, 3.05) is 42.2 Å². The zero-order valence-electron chi connectivity index (χ0n) is 25.0. The van der Waals surface area contributed by atoms with Crippen LogP contribution in [-0.2, 0) is 11.0 Å². The summed E-state index contributed by atoms with van der Waals surface area (Å²) in [5.74, 6) is 0.754. The molecule has 1 saturated heterocycles. The molecule has 0 saturated carbocycles. The minimum atomic E-state index is -4.46. The maximum Gasteiger partial charge on any atom is 0.416 e. The highest BCUT2D eigenvalue weighted by Gasteiger charge is 2.30. The van der Waals surface area contributed by atoms with Crippen LogP contribution in [0.4, 0.5) is 36.2 Å². The summed E-state index contributed by atoms with van der Waals surface area (Å²) in [4.78, 5) is 33.0. The molecule has 0 aliphatic carbocycles. The van der Waals surface area contributed by atoms with E-state index in [1.54, 1.807) is 24.5 Å². The van der Waals surface area contributed by atoms with E-state index < -0.39 is 17.6 Å². The molecule has 236 valence electrons. The van der Waals surface area contributed by atoms with Crippen LogP contribution in [0.3, 0.4) is 0 Å². The molecular weight excluding hydrogens is 585 g/mol. The van der Waals surface area contributed by atoms with Crippen molar-refractivity contribution in [1.82, 2.24) is 14.9 Å². The Kier molecular flexibility index (Phi) is 11.5. The number of carbonyl (C=O) groups excluding carboxylic acids is 2. The molecule has 0 spiro atoms. The topological polar surface area (TPSA) is 108 Å². The van der Waals surface area contributed by atoms with Crippen LogP contribution < -0.4 is 20.7 Å². The number of likely N-dealkylation sites (tertiary alicyclic amines) is 1. The largest absolute Gasteiger partial charge is 0.492 e. The highest BCUT2D eigenvalue weighted by atomic mass is 19.4. The van der Waals surface area contributed by atoms with E-state index in [1.807, 2.05) is 44.2 Å². The fourth-order valence-electron chi connectivity index (χ4n) is 4.46. The van der Waals surface area contributed by atoms with Crippen LogP contribution in [-0.4, -0.2) is 53.4 Å². The van der Waals surface area contributed by atoms with Crippen LogP contribution in [0.15, 0.2) is 79.1 Å². The third-order valence-electron chi connectivity index (χ3n) is 7.08. The van der Waals surface area contributed by atoms with Crippen molar-refractivity contribution in [3.63, 3.8) is 0 Å². The molecule has 1 fully saturated rings. The van der Waals surface area contributed by atoms with Crippen LogP contribution >= 0.6 is 0 Å². The van der Waals surface area contributed by atoms with E-state index in [0.717, 1.165) is 41.2 Å². The summed E-state index contributed by atoms with van der Waals surface area (Å²) < 4.78 is 43.6. The molecule has 3 N–H and O–H groups in total. The maximum absolute atomic E-state index is 12.6. The summed E-state index contributed by atoms with van der Waals surface area (Å²) in [6.45, 7) is 7.90. The first-order valence-corrected chi connectivity index (χ1v) is 14.4. The number of nitrogens with zero attached hydrogens (tertiary/aromatic N) is 3. The normalized spacial score (nSPS) is 12.9. The van der Waals surface area contributed by atoms with Gasteiger partial charge in [-0.2, -0.15) is 13.2 Å². The second kappa shape index (κ2) is 15.7.